The molecule has 1 atom stereocenters. The third kappa shape index (κ3) is 1.25. The van der Waals surface area contributed by atoms with Crippen LogP contribution in [0.15, 0.2) is 29.8 Å². The maximum Gasteiger partial charge on any atom is 0.182 e. The lowest BCUT2D eigenvalue weighted by atomic mass is 9.79. The van der Waals surface area contributed by atoms with Gasteiger partial charge in [0, 0.05) is 17.5 Å². The van der Waals surface area contributed by atoms with E-state index in [0.29, 0.717) is 11.1 Å². The minimum atomic E-state index is -1.73. The summed E-state index contributed by atoms with van der Waals surface area (Å²) in [5.41, 5.74) is -1.01. The molecule has 1 aliphatic carbocycles. The summed E-state index contributed by atoms with van der Waals surface area (Å²) in [6.07, 6.45) is -0.178. The highest BCUT2D eigenvalue weighted by Gasteiger charge is 2.38. The van der Waals surface area contributed by atoms with Gasteiger partial charge < -0.3 is 10.2 Å². The number of benzene rings is 1. The Bertz CT molecular complexity index is 563. The van der Waals surface area contributed by atoms with Gasteiger partial charge in [-0.2, -0.15) is 10.5 Å². The van der Waals surface area contributed by atoms with Gasteiger partial charge in [-0.1, -0.05) is 24.3 Å². The first-order chi connectivity index (χ1) is 7.62. The van der Waals surface area contributed by atoms with Crippen LogP contribution in [0.2, 0.25) is 0 Å². The minimum absolute atomic E-state index is 0.0303. The van der Waals surface area contributed by atoms with Gasteiger partial charge in [0.25, 0.3) is 0 Å². The Morgan fingerprint density at radius 1 is 1.25 bits per heavy atom. The van der Waals surface area contributed by atoms with E-state index in [9.17, 15) is 10.2 Å². The van der Waals surface area contributed by atoms with E-state index in [4.69, 9.17) is 10.5 Å². The highest BCUT2D eigenvalue weighted by atomic mass is 16.3. The molecular weight excluding hydrogens is 204 g/mol. The smallest absolute Gasteiger partial charge is 0.182 e. The maximum absolute atomic E-state index is 10.1. The summed E-state index contributed by atoms with van der Waals surface area (Å²) in [5.74, 6) is -0.155. The van der Waals surface area contributed by atoms with Crippen LogP contribution in [0.3, 0.4) is 0 Å². The van der Waals surface area contributed by atoms with E-state index in [1.54, 1.807) is 36.4 Å². The van der Waals surface area contributed by atoms with Gasteiger partial charge in [0.2, 0.25) is 0 Å². The highest BCUT2D eigenvalue weighted by Crippen LogP contribution is 2.39. The topological polar surface area (TPSA) is 88.0 Å². The number of nitrogens with zero attached hydrogens (tertiary/aromatic N) is 2. The highest BCUT2D eigenvalue weighted by molar-refractivity contribution is 5.72. The maximum atomic E-state index is 10.1. The summed E-state index contributed by atoms with van der Waals surface area (Å²) in [6.45, 7) is 0. The first kappa shape index (κ1) is 10.2. The standard InChI is InChI=1S/C12H8N2O2/c13-6-8-5-12(16,7-14)10-4-2-1-3-9(10)11(8)15/h1-4,15-16H,5H2. The van der Waals surface area contributed by atoms with Gasteiger partial charge in [0.05, 0.1) is 11.6 Å². The zero-order chi connectivity index (χ0) is 11.8. The molecule has 2 N–H and O–H groups in total. The van der Waals surface area contributed by atoms with Gasteiger partial charge >= 0.3 is 0 Å². The van der Waals surface area contributed by atoms with Gasteiger partial charge in [-0.25, -0.2) is 0 Å². The number of nitriles is 2. The molecule has 78 valence electrons. The molecule has 0 amide bonds. The van der Waals surface area contributed by atoms with Crippen molar-refractivity contribution in [3.63, 3.8) is 0 Å². The van der Waals surface area contributed by atoms with Gasteiger partial charge in [0.1, 0.15) is 11.8 Å². The summed E-state index contributed by atoms with van der Waals surface area (Å²) in [5, 5.41) is 37.7. The Morgan fingerprint density at radius 3 is 2.56 bits per heavy atom. The van der Waals surface area contributed by atoms with Crippen molar-refractivity contribution in [1.82, 2.24) is 0 Å². The van der Waals surface area contributed by atoms with Crippen LogP contribution < -0.4 is 0 Å². The van der Waals surface area contributed by atoms with Crippen LogP contribution >= 0.6 is 0 Å². The lowest BCUT2D eigenvalue weighted by Crippen LogP contribution is -2.29. The Hall–Kier alpha value is -2.30. The number of rotatable bonds is 0. The molecule has 4 heteroatoms. The summed E-state index contributed by atoms with van der Waals surface area (Å²) < 4.78 is 0. The zero-order valence-corrected chi connectivity index (χ0v) is 8.31. The summed E-state index contributed by atoms with van der Waals surface area (Å²) >= 11 is 0. The van der Waals surface area contributed by atoms with E-state index in [2.05, 4.69) is 0 Å². The number of aliphatic hydroxyl groups is 2. The molecular formula is C12H8N2O2. The van der Waals surface area contributed by atoms with Crippen molar-refractivity contribution in [1.29, 1.82) is 10.5 Å². The predicted molar refractivity (Wildman–Crippen MR) is 55.7 cm³/mol. The quantitative estimate of drug-likeness (QED) is 0.639. The number of hydrogen-bond acceptors (Lipinski definition) is 4. The number of hydrogen-bond donors (Lipinski definition) is 2. The average molecular weight is 212 g/mol. The summed E-state index contributed by atoms with van der Waals surface area (Å²) in [6, 6.07) is 10.1. The largest absolute Gasteiger partial charge is 0.506 e. The van der Waals surface area contributed by atoms with E-state index in [-0.39, 0.29) is 17.8 Å². The lowest BCUT2D eigenvalue weighted by molar-refractivity contribution is 0.0960. The molecule has 1 aromatic carbocycles. The van der Waals surface area contributed by atoms with Gasteiger partial charge in [-0.05, 0) is 0 Å². The van der Waals surface area contributed by atoms with Crippen molar-refractivity contribution in [3.8, 4) is 12.1 Å². The van der Waals surface area contributed by atoms with Crippen molar-refractivity contribution in [3.05, 3.63) is 41.0 Å². The molecule has 2 rings (SSSR count). The number of fused-ring (bicyclic) bond motifs is 1. The second-order valence-electron chi connectivity index (χ2n) is 3.63. The fourth-order valence-corrected chi connectivity index (χ4v) is 1.84. The van der Waals surface area contributed by atoms with Crippen LogP contribution in [0.1, 0.15) is 17.5 Å². The van der Waals surface area contributed by atoms with Crippen molar-refractivity contribution < 1.29 is 10.2 Å². The first-order valence-electron chi connectivity index (χ1n) is 4.68. The Kier molecular flexibility index (Phi) is 2.16. The molecule has 0 spiro atoms. The molecule has 1 aromatic rings. The fraction of sp³-hybridized carbons (Fsp3) is 0.167. The van der Waals surface area contributed by atoms with E-state index in [0.717, 1.165) is 0 Å². The van der Waals surface area contributed by atoms with Crippen LogP contribution in [0, 0.1) is 22.7 Å². The monoisotopic (exact) mass is 212 g/mol. The van der Waals surface area contributed by atoms with Crippen molar-refractivity contribution in [2.24, 2.45) is 0 Å². The summed E-state index contributed by atoms with van der Waals surface area (Å²) in [4.78, 5) is 0. The lowest BCUT2D eigenvalue weighted by Gasteiger charge is -2.27. The van der Waals surface area contributed by atoms with Crippen LogP contribution in [0.25, 0.3) is 5.76 Å². The van der Waals surface area contributed by atoms with Crippen molar-refractivity contribution >= 4 is 5.76 Å². The molecule has 0 bridgehead atoms. The predicted octanol–water partition coefficient (Wildman–Crippen LogP) is 1.59. The number of aliphatic hydroxyl groups excluding tert-OH is 1. The van der Waals surface area contributed by atoms with Crippen LogP contribution in [0.5, 0.6) is 0 Å². The molecule has 0 heterocycles. The molecule has 0 saturated carbocycles. The zero-order valence-electron chi connectivity index (χ0n) is 8.31. The van der Waals surface area contributed by atoms with E-state index in [1.807, 2.05) is 0 Å². The third-order valence-electron chi connectivity index (χ3n) is 2.67. The van der Waals surface area contributed by atoms with Gasteiger partial charge in [-0.3, -0.25) is 0 Å². The molecule has 0 radical (unpaired) electrons. The molecule has 1 aliphatic rings. The normalized spacial score (nSPS) is 23.2. The fourth-order valence-electron chi connectivity index (χ4n) is 1.84. The second-order valence-corrected chi connectivity index (χ2v) is 3.63. The molecule has 1 unspecified atom stereocenters. The van der Waals surface area contributed by atoms with E-state index in [1.165, 1.54) is 0 Å². The molecule has 0 fully saturated rings. The van der Waals surface area contributed by atoms with E-state index >= 15 is 0 Å². The Morgan fingerprint density at radius 2 is 1.94 bits per heavy atom. The molecule has 4 nitrogen and oxygen atoms in total. The van der Waals surface area contributed by atoms with Gasteiger partial charge in [0.15, 0.2) is 5.60 Å². The van der Waals surface area contributed by atoms with Crippen LogP contribution in [-0.2, 0) is 5.60 Å². The Labute approximate surface area is 92.3 Å². The summed E-state index contributed by atoms with van der Waals surface area (Å²) in [7, 11) is 0. The molecule has 16 heavy (non-hydrogen) atoms. The SMILES string of the molecule is N#CC1=C(O)c2ccccc2C(O)(C#N)C1. The molecule has 0 aromatic heterocycles. The average Bonchev–Trinajstić information content (AvgIpc) is 2.34. The second kappa shape index (κ2) is 3.37. The molecule has 0 saturated heterocycles. The third-order valence-corrected chi connectivity index (χ3v) is 2.67. The molecule has 0 aliphatic heterocycles. The van der Waals surface area contributed by atoms with Gasteiger partial charge in [-0.15, -0.1) is 0 Å². The van der Waals surface area contributed by atoms with E-state index < -0.39 is 5.60 Å². The van der Waals surface area contributed by atoms with Crippen LogP contribution in [-0.4, -0.2) is 10.2 Å². The van der Waals surface area contributed by atoms with Crippen LogP contribution in [0.4, 0.5) is 0 Å². The Balaban J connectivity index is 2.76. The first-order valence-corrected chi connectivity index (χ1v) is 4.68. The van der Waals surface area contributed by atoms with Crippen molar-refractivity contribution in [2.75, 3.05) is 0 Å². The minimum Gasteiger partial charge on any atom is -0.506 e. The van der Waals surface area contributed by atoms with Crippen molar-refractivity contribution in [2.45, 2.75) is 12.0 Å².